The SMILES string of the molecule is CC(C)C(=O)NCCCN1C(C)CCCC1C.CC(C)C(=O)NCCCN1CCCCCC1.CC(C)C(=O)NCCCN1CCc2ccccc2C1.CC(C)C(=O)NCCN(C)C1CCCCC1.CC(C)C(=O)NCCN1CCCCC1C.CC1CC(C)CN(CCCNC(=O)C(C)C)C1.CCC1CCCCN1CCCNC(=O)C(C)C.CCN(CC)CCNC(=O)C(C)C. The van der Waals surface area contributed by atoms with Gasteiger partial charge in [-0.05, 0) is 219 Å². The molecule has 24 nitrogen and oxygen atoms in total. The van der Waals surface area contributed by atoms with Crippen molar-refractivity contribution in [2.75, 3.05) is 171 Å². The number of likely N-dealkylation sites (N-methyl/N-ethyl adjacent to an activating group) is 2. The van der Waals surface area contributed by atoms with Gasteiger partial charge < -0.3 is 67.0 Å². The average molecular weight is 1830 g/mol. The number of amides is 8. The third-order valence-corrected chi connectivity index (χ3v) is 26.5. The summed E-state index contributed by atoms with van der Waals surface area (Å²) in [5.41, 5.74) is 2.95. The first-order valence-electron chi connectivity index (χ1n) is 53.0. The molecule has 5 saturated heterocycles. The summed E-state index contributed by atoms with van der Waals surface area (Å²) in [7, 11) is 2.18. The van der Waals surface area contributed by atoms with Gasteiger partial charge in [0.2, 0.25) is 47.3 Å². The minimum Gasteiger partial charge on any atom is -0.356 e. The lowest BCUT2D eigenvalue weighted by molar-refractivity contribution is -0.124. The predicted octanol–water partition coefficient (Wildman–Crippen LogP) is 15.9. The lowest BCUT2D eigenvalue weighted by Gasteiger charge is -2.39. The fraction of sp³-hybridized carbons (Fsp3) is 0.868. The number of fused-ring (bicyclic) bond motifs is 1. The Bertz CT molecular complexity index is 3040. The number of likely N-dealkylation sites (tertiary alicyclic amines) is 5. The summed E-state index contributed by atoms with van der Waals surface area (Å²) < 4.78 is 0. The number of carbonyl (C=O) groups is 8. The highest BCUT2D eigenvalue weighted by Crippen LogP contribution is 2.26. The topological polar surface area (TPSA) is 259 Å². The normalized spacial score (nSPS) is 20.2. The van der Waals surface area contributed by atoms with Crippen LogP contribution in [0.2, 0.25) is 0 Å². The second kappa shape index (κ2) is 74.9. The van der Waals surface area contributed by atoms with Crippen molar-refractivity contribution in [2.45, 2.75) is 370 Å². The van der Waals surface area contributed by atoms with E-state index in [1.54, 1.807) is 0 Å². The molecule has 0 aromatic heterocycles. The maximum atomic E-state index is 11.4. The number of hydrogen-bond acceptors (Lipinski definition) is 16. The summed E-state index contributed by atoms with van der Waals surface area (Å²) in [5, 5.41) is 23.7. The van der Waals surface area contributed by atoms with Crippen LogP contribution in [0.3, 0.4) is 0 Å². The summed E-state index contributed by atoms with van der Waals surface area (Å²) in [6, 6.07) is 12.3. The Morgan fingerprint density at radius 2 is 0.700 bits per heavy atom. The van der Waals surface area contributed by atoms with Crippen molar-refractivity contribution in [1.29, 1.82) is 0 Å². The lowest BCUT2D eigenvalue weighted by Crippen LogP contribution is -2.44. The second-order valence-electron chi connectivity index (χ2n) is 41.2. The smallest absolute Gasteiger partial charge is 0.222 e. The van der Waals surface area contributed by atoms with Crippen molar-refractivity contribution in [1.82, 2.24) is 81.7 Å². The molecule has 8 amide bonds. The number of piperidine rings is 4. The Kier molecular flexibility index (Phi) is 70.6. The van der Waals surface area contributed by atoms with Crippen LogP contribution in [-0.2, 0) is 51.3 Å². The molecule has 8 rings (SSSR count). The Morgan fingerprint density at radius 1 is 0.346 bits per heavy atom. The summed E-state index contributed by atoms with van der Waals surface area (Å²) in [4.78, 5) is 111. The zero-order valence-electron chi connectivity index (χ0n) is 88.6. The van der Waals surface area contributed by atoms with Gasteiger partial charge in [0.1, 0.15) is 0 Å². The van der Waals surface area contributed by atoms with Crippen LogP contribution in [0.1, 0.15) is 338 Å². The Labute approximate surface area is 798 Å². The fourth-order valence-corrected chi connectivity index (χ4v) is 17.7. The van der Waals surface area contributed by atoms with Crippen LogP contribution in [0, 0.1) is 59.2 Å². The monoisotopic (exact) mass is 1830 g/mol. The van der Waals surface area contributed by atoms with E-state index in [-0.39, 0.29) is 94.6 Å². The van der Waals surface area contributed by atoms with Gasteiger partial charge in [0, 0.05) is 195 Å². The minimum absolute atomic E-state index is 0.0851. The molecular weight excluding hydrogens is 1630 g/mol. The molecule has 1 saturated carbocycles. The van der Waals surface area contributed by atoms with Gasteiger partial charge in [-0.2, -0.15) is 0 Å². The highest BCUT2D eigenvalue weighted by Gasteiger charge is 2.27. The van der Waals surface area contributed by atoms with Crippen molar-refractivity contribution in [3.05, 3.63) is 35.4 Å². The van der Waals surface area contributed by atoms with Gasteiger partial charge >= 0.3 is 0 Å². The molecule has 0 bridgehead atoms. The summed E-state index contributed by atoms with van der Waals surface area (Å²) in [6.45, 7) is 75.6. The molecule has 758 valence electrons. The molecule has 24 heteroatoms. The molecule has 130 heavy (non-hydrogen) atoms. The molecule has 6 fully saturated rings. The molecule has 7 aliphatic rings. The summed E-state index contributed by atoms with van der Waals surface area (Å²) in [6.07, 6.45) is 33.4. The zero-order chi connectivity index (χ0) is 97.3. The summed E-state index contributed by atoms with van der Waals surface area (Å²) >= 11 is 0. The first-order chi connectivity index (χ1) is 61.8. The van der Waals surface area contributed by atoms with E-state index in [1.165, 1.54) is 179 Å². The molecule has 6 aliphatic heterocycles. The van der Waals surface area contributed by atoms with Gasteiger partial charge in [0.25, 0.3) is 0 Å². The quantitative estimate of drug-likeness (QED) is 0.0284. The van der Waals surface area contributed by atoms with E-state index in [9.17, 15) is 38.4 Å². The molecule has 6 atom stereocenters. The number of carbonyl (C=O) groups excluding carboxylic acids is 8. The summed E-state index contributed by atoms with van der Waals surface area (Å²) in [5.74, 6) is 3.77. The van der Waals surface area contributed by atoms with Gasteiger partial charge in [-0.25, -0.2) is 0 Å². The maximum absolute atomic E-state index is 11.4. The van der Waals surface area contributed by atoms with E-state index in [0.29, 0.717) is 18.1 Å². The van der Waals surface area contributed by atoms with Gasteiger partial charge in [0.05, 0.1) is 0 Å². The molecule has 8 N–H and O–H groups in total. The number of benzene rings is 1. The van der Waals surface area contributed by atoms with Crippen molar-refractivity contribution in [3.8, 4) is 0 Å². The Hall–Kier alpha value is -5.34. The van der Waals surface area contributed by atoms with Crippen molar-refractivity contribution < 1.29 is 38.4 Å². The molecular formula is C106H206N16O8. The van der Waals surface area contributed by atoms with Crippen LogP contribution in [0.15, 0.2) is 24.3 Å². The van der Waals surface area contributed by atoms with Crippen molar-refractivity contribution >= 4 is 47.3 Å². The van der Waals surface area contributed by atoms with Crippen molar-refractivity contribution in [3.63, 3.8) is 0 Å². The van der Waals surface area contributed by atoms with Crippen LogP contribution in [-0.4, -0.2) is 287 Å². The molecule has 6 unspecified atom stereocenters. The Morgan fingerprint density at radius 3 is 1.13 bits per heavy atom. The number of nitrogens with zero attached hydrogens (tertiary/aromatic N) is 8. The zero-order valence-corrected chi connectivity index (χ0v) is 88.6. The number of rotatable bonds is 41. The van der Waals surface area contributed by atoms with E-state index in [1.807, 2.05) is 111 Å². The van der Waals surface area contributed by atoms with E-state index >= 15 is 0 Å². The van der Waals surface area contributed by atoms with Crippen LogP contribution in [0.4, 0.5) is 0 Å². The predicted molar refractivity (Wildman–Crippen MR) is 547 cm³/mol. The average Bonchev–Trinajstić information content (AvgIpc) is 0.865. The molecule has 6 heterocycles. The first-order valence-corrected chi connectivity index (χ1v) is 53.0. The standard InChI is InChI=1S/C16H24N2O.3C14H28N2O.2C13H26N2O.C12H24N2O.C10H22N2O/c1-13(2)16(19)17-9-5-10-18-11-8-14-6-3-4-7-15(14)12-18;1-11(2)14(17)15-9-6-10-16-12(3)7-5-8-13(16)4;1-11(2)14(17)15-6-5-7-16-9-12(3)8-13(4)10-16;1-4-13-8-5-6-10-16(13)11-7-9-15-14(17)12(2)3;1-11(2)13(16)14-9-10-15(3)12-7-5-4-6-8-12;1-12(2)13(16)14-8-7-11-15-9-5-3-4-6-10-15;1-10(2)12(15)13-7-9-14-8-5-4-6-11(14)3;1-5-12(6-2)8-7-11-10(13)9(3)4/h3-4,6-7,13H,5,8-12H2,1-2H3,(H,17,19);2*11-13H,5-10H2,1-4H3,(H,15,17);12-13H,4-11H2,1-3H3,(H,15,17);11-12H,4-10H2,1-3H3,(H,14,16);12H,3-11H2,1-2H3,(H,14,16);10-11H,4-9H2,1-3H3,(H,13,15);9H,5-8H2,1-4H3,(H,11,13). The van der Waals surface area contributed by atoms with E-state index < -0.39 is 0 Å². The fourth-order valence-electron chi connectivity index (χ4n) is 17.7. The molecule has 0 spiro atoms. The highest BCUT2D eigenvalue weighted by molar-refractivity contribution is 5.80. The molecule has 1 aliphatic carbocycles. The Balaban J connectivity index is 0.000000744. The third-order valence-electron chi connectivity index (χ3n) is 26.5. The van der Waals surface area contributed by atoms with Crippen molar-refractivity contribution in [2.24, 2.45) is 59.2 Å². The van der Waals surface area contributed by atoms with Crippen LogP contribution < -0.4 is 42.5 Å². The van der Waals surface area contributed by atoms with Gasteiger partial charge in [0.15, 0.2) is 0 Å². The van der Waals surface area contributed by atoms with E-state index in [0.717, 1.165) is 193 Å². The maximum Gasteiger partial charge on any atom is 0.222 e. The minimum atomic E-state index is 0.0851. The first kappa shape index (κ1) is 123. The van der Waals surface area contributed by atoms with E-state index in [4.69, 9.17) is 0 Å². The second-order valence-corrected chi connectivity index (χ2v) is 41.2. The molecule has 1 aromatic rings. The van der Waals surface area contributed by atoms with Gasteiger partial charge in [-0.15, -0.1) is 0 Å². The van der Waals surface area contributed by atoms with Crippen LogP contribution in [0.5, 0.6) is 0 Å². The molecule has 1 aromatic carbocycles. The number of nitrogens with one attached hydrogen (secondary N) is 8. The van der Waals surface area contributed by atoms with Crippen LogP contribution in [0.25, 0.3) is 0 Å². The van der Waals surface area contributed by atoms with E-state index in [2.05, 4.69) is 168 Å². The third kappa shape index (κ3) is 59.5. The van der Waals surface area contributed by atoms with Gasteiger partial charge in [-0.1, -0.05) is 221 Å². The molecule has 0 radical (unpaired) electrons. The van der Waals surface area contributed by atoms with Gasteiger partial charge in [-0.3, -0.25) is 53.1 Å². The highest BCUT2D eigenvalue weighted by atomic mass is 16.2. The van der Waals surface area contributed by atoms with Crippen LogP contribution >= 0.6 is 0 Å². The largest absolute Gasteiger partial charge is 0.356 e. The number of hydrogen-bond donors (Lipinski definition) is 8. The lowest BCUT2D eigenvalue weighted by atomic mass is 9.92.